The summed E-state index contributed by atoms with van der Waals surface area (Å²) in [6, 6.07) is 13.1. The Bertz CT molecular complexity index is 702. The molecule has 0 radical (unpaired) electrons. The number of hydrogen-bond acceptors (Lipinski definition) is 4. The second kappa shape index (κ2) is 6.59. The zero-order chi connectivity index (χ0) is 19.1. The number of carbonyl (C=O) groups excluding carboxylic acids is 1. The van der Waals surface area contributed by atoms with Crippen LogP contribution in [0.25, 0.3) is 0 Å². The van der Waals surface area contributed by atoms with Crippen LogP contribution in [-0.4, -0.2) is 46.7 Å². The molecule has 0 aromatic heterocycles. The summed E-state index contributed by atoms with van der Waals surface area (Å²) in [5.41, 5.74) is 0.534. The molecular formula is C21H29N3O2. The number of nitriles is 1. The molecule has 2 aliphatic rings. The van der Waals surface area contributed by atoms with Gasteiger partial charge in [-0.15, -0.1) is 0 Å². The fourth-order valence-corrected chi connectivity index (χ4v) is 4.44. The van der Waals surface area contributed by atoms with Crippen LogP contribution in [0.5, 0.6) is 0 Å². The van der Waals surface area contributed by atoms with E-state index in [1.807, 2.05) is 26.8 Å². The van der Waals surface area contributed by atoms with E-state index in [0.29, 0.717) is 13.1 Å². The molecule has 2 saturated heterocycles. The van der Waals surface area contributed by atoms with Crippen LogP contribution < -0.4 is 0 Å². The van der Waals surface area contributed by atoms with Crippen molar-refractivity contribution in [3.05, 3.63) is 35.9 Å². The number of fused-ring (bicyclic) bond motifs is 2. The fourth-order valence-electron chi connectivity index (χ4n) is 4.44. The molecule has 5 heteroatoms. The van der Waals surface area contributed by atoms with Crippen molar-refractivity contribution in [3.8, 4) is 6.07 Å². The fraction of sp³-hybridized carbons (Fsp3) is 0.619. The number of nitrogens with zero attached hydrogens (tertiary/aromatic N) is 3. The van der Waals surface area contributed by atoms with Gasteiger partial charge in [0.25, 0.3) is 0 Å². The van der Waals surface area contributed by atoms with Gasteiger partial charge in [0.15, 0.2) is 0 Å². The summed E-state index contributed by atoms with van der Waals surface area (Å²) in [6.07, 6.45) is 0.528. The van der Waals surface area contributed by atoms with Gasteiger partial charge < -0.3 is 9.64 Å². The van der Waals surface area contributed by atoms with Crippen LogP contribution in [0.2, 0.25) is 0 Å². The molecule has 0 N–H and O–H groups in total. The first kappa shape index (κ1) is 18.7. The lowest BCUT2D eigenvalue weighted by molar-refractivity contribution is -0.0297. The molecule has 0 aliphatic carbocycles. The minimum absolute atomic E-state index is 0.0291. The Morgan fingerprint density at radius 3 is 2.38 bits per heavy atom. The molecule has 3 atom stereocenters. The number of benzene rings is 1. The molecule has 1 aromatic rings. The average molecular weight is 355 g/mol. The van der Waals surface area contributed by atoms with Gasteiger partial charge in [0.05, 0.1) is 12.0 Å². The van der Waals surface area contributed by atoms with E-state index in [-0.39, 0.29) is 29.6 Å². The highest BCUT2D eigenvalue weighted by Gasteiger charge is 2.53. The summed E-state index contributed by atoms with van der Waals surface area (Å²) in [7, 11) is 0. The smallest absolute Gasteiger partial charge is 0.410 e. The van der Waals surface area contributed by atoms with Crippen molar-refractivity contribution in [3.63, 3.8) is 0 Å². The molecule has 3 unspecified atom stereocenters. The zero-order valence-electron chi connectivity index (χ0n) is 16.4. The molecule has 1 aromatic carbocycles. The summed E-state index contributed by atoms with van der Waals surface area (Å²) in [5.74, 6) is -0.0598. The highest BCUT2D eigenvalue weighted by atomic mass is 16.6. The van der Waals surface area contributed by atoms with Crippen molar-refractivity contribution < 1.29 is 9.53 Å². The second-order valence-electron chi connectivity index (χ2n) is 8.91. The van der Waals surface area contributed by atoms with Crippen LogP contribution in [0, 0.1) is 17.2 Å². The lowest BCUT2D eigenvalue weighted by Crippen LogP contribution is -2.61. The average Bonchev–Trinajstić information content (AvgIpc) is 2.81. The predicted molar refractivity (Wildman–Crippen MR) is 100 cm³/mol. The monoisotopic (exact) mass is 355 g/mol. The van der Waals surface area contributed by atoms with Crippen LogP contribution in [0.4, 0.5) is 4.79 Å². The minimum atomic E-state index is -0.509. The Hall–Kier alpha value is -2.06. The quantitative estimate of drug-likeness (QED) is 0.811. The zero-order valence-corrected chi connectivity index (χ0v) is 16.4. The molecule has 5 nitrogen and oxygen atoms in total. The van der Waals surface area contributed by atoms with E-state index in [9.17, 15) is 10.1 Å². The maximum atomic E-state index is 12.6. The van der Waals surface area contributed by atoms with Gasteiger partial charge in [-0.3, -0.25) is 4.90 Å². The maximum absolute atomic E-state index is 12.6. The predicted octanol–water partition coefficient (Wildman–Crippen LogP) is 3.76. The number of rotatable bonds is 2. The van der Waals surface area contributed by atoms with Gasteiger partial charge in [-0.2, -0.15) is 5.26 Å². The molecule has 0 spiro atoms. The van der Waals surface area contributed by atoms with E-state index < -0.39 is 5.60 Å². The van der Waals surface area contributed by atoms with Gasteiger partial charge in [-0.25, -0.2) is 4.79 Å². The Kier molecular flexibility index (Phi) is 4.74. The highest BCUT2D eigenvalue weighted by molar-refractivity contribution is 5.68. The third-order valence-corrected chi connectivity index (χ3v) is 5.52. The standard InChI is InChI=1S/C21H29N3O2/c1-20(2,3)26-19(25)23-13-17-11-15(12-22)18(14-23)24(17)21(4,5)16-9-7-6-8-10-16/h6-10,15,17-18H,11,13-14H2,1-5H3. The first-order valence-corrected chi connectivity index (χ1v) is 9.35. The van der Waals surface area contributed by atoms with Crippen LogP contribution in [0.15, 0.2) is 30.3 Å². The number of hydrogen-bond donors (Lipinski definition) is 0. The summed E-state index contributed by atoms with van der Waals surface area (Å²) < 4.78 is 5.56. The topological polar surface area (TPSA) is 56.6 Å². The van der Waals surface area contributed by atoms with Gasteiger partial charge in [0, 0.05) is 30.7 Å². The molecule has 26 heavy (non-hydrogen) atoms. The largest absolute Gasteiger partial charge is 0.444 e. The lowest BCUT2D eigenvalue weighted by Gasteiger charge is -2.49. The number of carbonyl (C=O) groups is 1. The summed E-state index contributed by atoms with van der Waals surface area (Å²) >= 11 is 0. The first-order chi connectivity index (χ1) is 12.1. The van der Waals surface area contributed by atoms with Crippen LogP contribution in [0.1, 0.15) is 46.6 Å². The SMILES string of the molecule is CC(C)(C)OC(=O)N1CC2CC(C#N)C(C1)N2C(C)(C)c1ccccc1. The molecule has 3 rings (SSSR count). The number of likely N-dealkylation sites (tertiary alicyclic amines) is 1. The Balaban J connectivity index is 1.85. The summed E-state index contributed by atoms with van der Waals surface area (Å²) in [4.78, 5) is 16.8. The third kappa shape index (κ3) is 3.43. The van der Waals surface area contributed by atoms with Gasteiger partial charge in [0.1, 0.15) is 5.60 Å². The van der Waals surface area contributed by atoms with Crippen molar-refractivity contribution in [2.24, 2.45) is 5.92 Å². The van der Waals surface area contributed by atoms with Crippen LogP contribution in [0.3, 0.4) is 0 Å². The molecule has 2 fully saturated rings. The van der Waals surface area contributed by atoms with Gasteiger partial charge in [0.2, 0.25) is 0 Å². The molecule has 2 aliphatic heterocycles. The van der Waals surface area contributed by atoms with Crippen molar-refractivity contribution >= 4 is 6.09 Å². The van der Waals surface area contributed by atoms with Crippen molar-refractivity contribution in [1.29, 1.82) is 5.26 Å². The van der Waals surface area contributed by atoms with E-state index in [1.165, 1.54) is 5.56 Å². The Labute approximate surface area is 156 Å². The molecule has 140 valence electrons. The van der Waals surface area contributed by atoms with Crippen LogP contribution in [-0.2, 0) is 10.3 Å². The van der Waals surface area contributed by atoms with Crippen molar-refractivity contribution in [2.45, 2.75) is 64.3 Å². The van der Waals surface area contributed by atoms with Gasteiger partial charge in [-0.05, 0) is 46.6 Å². The lowest BCUT2D eigenvalue weighted by atomic mass is 9.89. The Morgan fingerprint density at radius 1 is 1.15 bits per heavy atom. The number of piperazine rings is 1. The summed E-state index contributed by atoms with van der Waals surface area (Å²) in [6.45, 7) is 11.2. The maximum Gasteiger partial charge on any atom is 0.410 e. The minimum Gasteiger partial charge on any atom is -0.444 e. The van der Waals surface area contributed by atoms with E-state index in [4.69, 9.17) is 4.74 Å². The molecule has 2 bridgehead atoms. The van der Waals surface area contributed by atoms with Crippen molar-refractivity contribution in [1.82, 2.24) is 9.80 Å². The van der Waals surface area contributed by atoms with Gasteiger partial charge in [-0.1, -0.05) is 30.3 Å². The van der Waals surface area contributed by atoms with Crippen molar-refractivity contribution in [2.75, 3.05) is 13.1 Å². The van der Waals surface area contributed by atoms with E-state index in [1.54, 1.807) is 4.90 Å². The highest BCUT2D eigenvalue weighted by Crippen LogP contribution is 2.43. The number of ether oxygens (including phenoxy) is 1. The summed E-state index contributed by atoms with van der Waals surface area (Å²) in [5, 5.41) is 9.67. The van der Waals surface area contributed by atoms with Gasteiger partial charge >= 0.3 is 6.09 Å². The molecule has 0 saturated carbocycles. The second-order valence-corrected chi connectivity index (χ2v) is 8.91. The normalized spacial score (nSPS) is 26.5. The third-order valence-electron chi connectivity index (χ3n) is 5.52. The molecule has 2 heterocycles. The molecular weight excluding hydrogens is 326 g/mol. The molecule has 1 amide bonds. The Morgan fingerprint density at radius 2 is 1.81 bits per heavy atom. The first-order valence-electron chi connectivity index (χ1n) is 9.35. The van der Waals surface area contributed by atoms with E-state index >= 15 is 0 Å². The van der Waals surface area contributed by atoms with Crippen LogP contribution >= 0.6 is 0 Å². The van der Waals surface area contributed by atoms with E-state index in [2.05, 4.69) is 49.1 Å². The number of amides is 1. The van der Waals surface area contributed by atoms with E-state index in [0.717, 1.165) is 6.42 Å².